The molecule has 0 aliphatic carbocycles. The molecule has 14 nitrogen and oxygen atoms in total. The van der Waals surface area contributed by atoms with Crippen LogP contribution in [-0.2, 0) is 23.7 Å². The first-order valence-electron chi connectivity index (χ1n) is 22.3. The lowest BCUT2D eigenvalue weighted by Crippen LogP contribution is -2.65. The molecule has 2 saturated heterocycles. The lowest BCUT2D eigenvalue weighted by atomic mass is 9.97. The summed E-state index contributed by atoms with van der Waals surface area (Å²) >= 11 is 0. The van der Waals surface area contributed by atoms with E-state index in [1.165, 1.54) is 89.9 Å². The molecule has 0 aromatic carbocycles. The molecule has 2 heterocycles. The van der Waals surface area contributed by atoms with E-state index in [9.17, 15) is 45.6 Å². The number of aliphatic hydroxyl groups excluding tert-OH is 8. The van der Waals surface area contributed by atoms with Crippen LogP contribution < -0.4 is 5.32 Å². The third-order valence-electron chi connectivity index (χ3n) is 11.3. The van der Waals surface area contributed by atoms with Gasteiger partial charge in [-0.2, -0.15) is 0 Å². The molecule has 332 valence electrons. The first-order valence-corrected chi connectivity index (χ1v) is 22.3. The van der Waals surface area contributed by atoms with E-state index in [1.807, 2.05) is 0 Å². The molecule has 9 N–H and O–H groups in total. The molecule has 2 aliphatic rings. The van der Waals surface area contributed by atoms with E-state index in [4.69, 9.17) is 18.9 Å². The fourth-order valence-electron chi connectivity index (χ4n) is 7.59. The number of unbranched alkanes of at least 4 members (excludes halogenated alkanes) is 20. The van der Waals surface area contributed by atoms with Gasteiger partial charge in [0.2, 0.25) is 5.91 Å². The summed E-state index contributed by atoms with van der Waals surface area (Å²) in [4.78, 5) is 13.0. The quantitative estimate of drug-likeness (QED) is 0.0430. The van der Waals surface area contributed by atoms with Crippen LogP contribution in [0.25, 0.3) is 0 Å². The number of nitrogens with one attached hydrogen (secondary N) is 1. The van der Waals surface area contributed by atoms with Gasteiger partial charge < -0.3 is 65.1 Å². The Morgan fingerprint density at radius 3 is 1.52 bits per heavy atom. The Hall–Kier alpha value is -1.01. The van der Waals surface area contributed by atoms with Gasteiger partial charge in [-0.25, -0.2) is 0 Å². The van der Waals surface area contributed by atoms with Crippen molar-refractivity contribution in [1.29, 1.82) is 0 Å². The highest BCUT2D eigenvalue weighted by Crippen LogP contribution is 2.30. The van der Waals surface area contributed by atoms with E-state index in [-0.39, 0.29) is 12.5 Å². The topological polar surface area (TPSA) is 228 Å². The fourth-order valence-corrected chi connectivity index (χ4v) is 7.59. The number of amides is 1. The van der Waals surface area contributed by atoms with Crippen molar-refractivity contribution in [1.82, 2.24) is 5.32 Å². The molecule has 1 amide bonds. The fraction of sp³-hybridized carbons (Fsp3) is 0.976. The summed E-state index contributed by atoms with van der Waals surface area (Å²) in [6, 6.07) is -0.817. The summed E-state index contributed by atoms with van der Waals surface area (Å²) in [7, 11) is 0. The largest absolute Gasteiger partial charge is 0.394 e. The van der Waals surface area contributed by atoms with E-state index < -0.39 is 86.8 Å². The molecule has 0 aromatic rings. The number of carbonyl (C=O) groups excluding carboxylic acids is 1. The van der Waals surface area contributed by atoms with Crippen LogP contribution in [-0.4, -0.2) is 140 Å². The molecule has 14 heteroatoms. The number of carbonyl (C=O) groups is 1. The van der Waals surface area contributed by atoms with Crippen molar-refractivity contribution in [3.05, 3.63) is 0 Å². The Bertz CT molecular complexity index is 962. The summed E-state index contributed by atoms with van der Waals surface area (Å²) in [5, 5.41) is 86.4. The first-order chi connectivity index (χ1) is 27.1. The molecule has 0 spiro atoms. The second-order valence-electron chi connectivity index (χ2n) is 16.2. The van der Waals surface area contributed by atoms with E-state index in [0.717, 1.165) is 51.4 Å². The van der Waals surface area contributed by atoms with Crippen LogP contribution in [0.15, 0.2) is 0 Å². The maximum atomic E-state index is 13.0. The van der Waals surface area contributed by atoms with Gasteiger partial charge in [0.15, 0.2) is 12.6 Å². The zero-order valence-electron chi connectivity index (χ0n) is 34.6. The maximum absolute atomic E-state index is 13.0. The van der Waals surface area contributed by atoms with Gasteiger partial charge in [0, 0.05) is 6.42 Å². The average Bonchev–Trinajstić information content (AvgIpc) is 3.19. The smallest absolute Gasteiger partial charge is 0.220 e. The molecule has 2 fully saturated rings. The van der Waals surface area contributed by atoms with Crippen LogP contribution in [0.5, 0.6) is 0 Å². The molecule has 56 heavy (non-hydrogen) atoms. The van der Waals surface area contributed by atoms with E-state index in [0.29, 0.717) is 12.8 Å². The van der Waals surface area contributed by atoms with Crippen molar-refractivity contribution in [3.63, 3.8) is 0 Å². The van der Waals surface area contributed by atoms with Gasteiger partial charge in [0.1, 0.15) is 48.8 Å². The van der Waals surface area contributed by atoms with Gasteiger partial charge in [-0.05, 0) is 12.8 Å². The monoisotopic (exact) mass is 808 g/mol. The second kappa shape index (κ2) is 30.9. The van der Waals surface area contributed by atoms with Crippen LogP contribution in [0.2, 0.25) is 0 Å². The predicted molar refractivity (Wildman–Crippen MR) is 212 cm³/mol. The van der Waals surface area contributed by atoms with Gasteiger partial charge in [0.05, 0.1) is 32.0 Å². The van der Waals surface area contributed by atoms with Gasteiger partial charge in [-0.1, -0.05) is 149 Å². The maximum Gasteiger partial charge on any atom is 0.220 e. The number of hydrogen-bond acceptors (Lipinski definition) is 13. The molecule has 12 unspecified atom stereocenters. The molecular formula is C42H81NO13. The summed E-state index contributed by atoms with van der Waals surface area (Å²) in [5.74, 6) is -0.214. The van der Waals surface area contributed by atoms with Crippen molar-refractivity contribution in [2.75, 3.05) is 19.8 Å². The van der Waals surface area contributed by atoms with Crippen LogP contribution in [0, 0.1) is 0 Å². The summed E-state index contributed by atoms with van der Waals surface area (Å²) in [6.45, 7) is 2.78. The Balaban J connectivity index is 1.86. The normalized spacial score (nSPS) is 29.3. The minimum atomic E-state index is -1.78. The Labute approximate surface area is 336 Å². The minimum absolute atomic E-state index is 0.214. The van der Waals surface area contributed by atoms with Crippen LogP contribution in [0.4, 0.5) is 0 Å². The van der Waals surface area contributed by atoms with Crippen molar-refractivity contribution < 1.29 is 64.6 Å². The van der Waals surface area contributed by atoms with E-state index in [2.05, 4.69) is 19.2 Å². The van der Waals surface area contributed by atoms with Crippen LogP contribution in [0.1, 0.15) is 168 Å². The Morgan fingerprint density at radius 2 is 1.02 bits per heavy atom. The Kier molecular flexibility index (Phi) is 28.3. The summed E-state index contributed by atoms with van der Waals surface area (Å²) in [6.07, 6.45) is 9.96. The molecule has 2 aliphatic heterocycles. The average molecular weight is 808 g/mol. The van der Waals surface area contributed by atoms with Crippen molar-refractivity contribution in [3.8, 4) is 0 Å². The van der Waals surface area contributed by atoms with Crippen molar-refractivity contribution >= 4 is 5.91 Å². The SMILES string of the molecule is CCCCCCCCCCCCCCCCCC(O)C(COC1OC(CO)C(OC2OC(CO)C(O)C(O)C2O)C(O)C1O)NC(=O)CCCCCCCCC. The first kappa shape index (κ1) is 51.1. The lowest BCUT2D eigenvalue weighted by Gasteiger charge is -2.46. The number of aliphatic hydroxyl groups is 8. The third kappa shape index (κ3) is 19.4. The predicted octanol–water partition coefficient (Wildman–Crippen LogP) is 3.88. The highest BCUT2D eigenvalue weighted by Gasteiger charge is 2.51. The minimum Gasteiger partial charge on any atom is -0.394 e. The van der Waals surface area contributed by atoms with Crippen molar-refractivity contribution in [2.24, 2.45) is 0 Å². The number of rotatable bonds is 33. The standard InChI is InChI=1S/C42H81NO13/c1-3-5-7-9-11-12-13-14-15-16-17-18-20-21-23-25-31(46)30(43-34(47)26-24-22-19-10-8-6-4-2)29-53-41-39(52)37(50)40(33(28-45)55-41)56-42-38(51)36(49)35(48)32(27-44)54-42/h30-33,35-42,44-46,48-52H,3-29H2,1-2H3,(H,43,47). The van der Waals surface area contributed by atoms with E-state index in [1.54, 1.807) is 0 Å². The molecular weight excluding hydrogens is 726 g/mol. The second-order valence-corrected chi connectivity index (χ2v) is 16.2. The molecule has 0 aromatic heterocycles. The molecule has 0 saturated carbocycles. The van der Waals surface area contributed by atoms with E-state index >= 15 is 0 Å². The Morgan fingerprint density at radius 1 is 0.571 bits per heavy atom. The highest BCUT2D eigenvalue weighted by molar-refractivity contribution is 5.76. The number of ether oxygens (including phenoxy) is 4. The van der Waals surface area contributed by atoms with Gasteiger partial charge in [0.25, 0.3) is 0 Å². The molecule has 0 radical (unpaired) electrons. The van der Waals surface area contributed by atoms with Crippen molar-refractivity contribution in [2.45, 2.75) is 242 Å². The van der Waals surface area contributed by atoms with Gasteiger partial charge >= 0.3 is 0 Å². The molecule has 12 atom stereocenters. The number of hydrogen-bond donors (Lipinski definition) is 9. The van der Waals surface area contributed by atoms with Gasteiger partial charge in [-0.3, -0.25) is 4.79 Å². The third-order valence-corrected chi connectivity index (χ3v) is 11.3. The zero-order valence-corrected chi connectivity index (χ0v) is 34.6. The zero-order chi connectivity index (χ0) is 41.1. The van der Waals surface area contributed by atoms with Crippen LogP contribution in [0.3, 0.4) is 0 Å². The molecule has 2 rings (SSSR count). The van der Waals surface area contributed by atoms with Crippen LogP contribution >= 0.6 is 0 Å². The summed E-state index contributed by atoms with van der Waals surface area (Å²) in [5.41, 5.74) is 0. The highest BCUT2D eigenvalue weighted by atomic mass is 16.7. The molecule has 0 bridgehead atoms. The lowest BCUT2D eigenvalue weighted by molar-refractivity contribution is -0.359. The summed E-state index contributed by atoms with van der Waals surface area (Å²) < 4.78 is 22.6. The van der Waals surface area contributed by atoms with Gasteiger partial charge in [-0.15, -0.1) is 0 Å².